The van der Waals surface area contributed by atoms with E-state index in [2.05, 4.69) is 38.1 Å². The number of nitrogens with one attached hydrogen (secondary N) is 1. The lowest BCUT2D eigenvalue weighted by molar-refractivity contribution is -0.117. The number of nitrogens with zero attached hydrogens (tertiary/aromatic N) is 5. The molecule has 2 saturated heterocycles. The van der Waals surface area contributed by atoms with Crippen LogP contribution in [0.3, 0.4) is 0 Å². The number of ether oxygens (including phenoxy) is 1. The first-order valence-electron chi connectivity index (χ1n) is 13.4. The number of aromatic nitrogens is 2. The van der Waals surface area contributed by atoms with Crippen molar-refractivity contribution in [2.45, 2.75) is 32.2 Å². The summed E-state index contributed by atoms with van der Waals surface area (Å²) >= 11 is 0. The number of benzene rings is 2. The van der Waals surface area contributed by atoms with Gasteiger partial charge in [0.1, 0.15) is 11.6 Å². The van der Waals surface area contributed by atoms with E-state index in [0.717, 1.165) is 71.9 Å². The molecule has 1 N–H and O–H groups in total. The fourth-order valence-corrected chi connectivity index (χ4v) is 5.48. The quantitative estimate of drug-likeness (QED) is 0.530. The maximum Gasteiger partial charge on any atom is 0.238 e. The minimum Gasteiger partial charge on any atom is -0.497 e. The van der Waals surface area contributed by atoms with Crippen molar-refractivity contribution in [2.24, 2.45) is 0 Å². The Morgan fingerprint density at radius 2 is 1.84 bits per heavy atom. The minimum absolute atomic E-state index is 0.00551. The molecule has 2 aliphatic rings. The zero-order valence-electron chi connectivity index (χ0n) is 22.2. The van der Waals surface area contributed by atoms with Crippen LogP contribution >= 0.6 is 0 Å². The van der Waals surface area contributed by atoms with Crippen molar-refractivity contribution in [1.29, 1.82) is 0 Å². The number of likely N-dealkylation sites (tertiary alicyclic amines) is 1. The fraction of sp³-hybridized carbons (Fsp3) is 0.483. The highest BCUT2D eigenvalue weighted by molar-refractivity contribution is 6.05. The number of carbonyl (C=O) groups is 1. The predicted octanol–water partition coefficient (Wildman–Crippen LogP) is 3.52. The molecule has 196 valence electrons. The smallest absolute Gasteiger partial charge is 0.238 e. The predicted molar refractivity (Wildman–Crippen MR) is 148 cm³/mol. The van der Waals surface area contributed by atoms with Crippen LogP contribution in [-0.4, -0.2) is 96.6 Å². The Labute approximate surface area is 219 Å². The number of carbonyl (C=O) groups excluding carboxylic acids is 1. The minimum atomic E-state index is 0.00551. The molecule has 0 radical (unpaired) electrons. The van der Waals surface area contributed by atoms with E-state index in [-0.39, 0.29) is 5.91 Å². The number of methoxy groups -OCH3 is 1. The van der Waals surface area contributed by atoms with Crippen molar-refractivity contribution in [2.75, 3.05) is 65.3 Å². The Bertz CT molecular complexity index is 1230. The van der Waals surface area contributed by atoms with Crippen molar-refractivity contribution in [3.8, 4) is 17.0 Å². The molecule has 2 aliphatic heterocycles. The van der Waals surface area contributed by atoms with Gasteiger partial charge < -0.3 is 15.0 Å². The third-order valence-electron chi connectivity index (χ3n) is 7.73. The molecule has 8 heteroatoms. The highest BCUT2D eigenvalue weighted by Crippen LogP contribution is 2.33. The maximum atomic E-state index is 13.2. The van der Waals surface area contributed by atoms with Gasteiger partial charge in [0.15, 0.2) is 0 Å². The van der Waals surface area contributed by atoms with Gasteiger partial charge in [-0.2, -0.15) is 0 Å². The normalized spacial score (nSPS) is 18.2. The summed E-state index contributed by atoms with van der Waals surface area (Å²) < 4.78 is 5.47. The van der Waals surface area contributed by atoms with Crippen LogP contribution in [0, 0.1) is 0 Å². The summed E-state index contributed by atoms with van der Waals surface area (Å²) in [7, 11) is 3.87. The Kier molecular flexibility index (Phi) is 7.98. The van der Waals surface area contributed by atoms with Crippen LogP contribution in [0.4, 0.5) is 5.69 Å². The molecule has 0 spiro atoms. The van der Waals surface area contributed by atoms with Crippen molar-refractivity contribution < 1.29 is 9.53 Å². The van der Waals surface area contributed by atoms with E-state index in [0.29, 0.717) is 12.6 Å². The molecule has 0 aliphatic carbocycles. The Morgan fingerprint density at radius 3 is 2.57 bits per heavy atom. The van der Waals surface area contributed by atoms with Crippen molar-refractivity contribution in [3.63, 3.8) is 0 Å². The van der Waals surface area contributed by atoms with Gasteiger partial charge in [0.2, 0.25) is 5.91 Å². The highest BCUT2D eigenvalue weighted by Gasteiger charge is 2.27. The molecule has 0 bridgehead atoms. The fourth-order valence-electron chi connectivity index (χ4n) is 5.48. The van der Waals surface area contributed by atoms with E-state index in [1.54, 1.807) is 13.3 Å². The lowest BCUT2D eigenvalue weighted by Gasteiger charge is -2.42. The van der Waals surface area contributed by atoms with Gasteiger partial charge in [0.05, 0.1) is 19.3 Å². The van der Waals surface area contributed by atoms with Gasteiger partial charge in [-0.05, 0) is 68.7 Å². The summed E-state index contributed by atoms with van der Waals surface area (Å²) in [6, 6.07) is 12.7. The van der Waals surface area contributed by atoms with Crippen molar-refractivity contribution in [1.82, 2.24) is 24.7 Å². The number of fused-ring (bicyclic) bond motifs is 1. The van der Waals surface area contributed by atoms with Gasteiger partial charge in [-0.25, -0.2) is 9.97 Å². The topological polar surface area (TPSA) is 73.8 Å². The second-order valence-corrected chi connectivity index (χ2v) is 10.2. The van der Waals surface area contributed by atoms with Crippen LogP contribution in [0.1, 0.15) is 25.6 Å². The second-order valence-electron chi connectivity index (χ2n) is 10.2. The number of piperazine rings is 1. The van der Waals surface area contributed by atoms with Crippen LogP contribution in [0.2, 0.25) is 0 Å². The number of hydrogen-bond donors (Lipinski definition) is 1. The number of amides is 1. The molecule has 1 aromatic heterocycles. The SMILES string of the molecule is CCc1nccc(-c2cc(NC(=O)CN3CCN(C4CCN(C)CC4)CC3)c3cc(OC)ccc3c2)n1. The Balaban J connectivity index is 1.30. The van der Waals surface area contributed by atoms with Crippen molar-refractivity contribution >= 4 is 22.4 Å². The van der Waals surface area contributed by atoms with Gasteiger partial charge >= 0.3 is 0 Å². The molecule has 8 nitrogen and oxygen atoms in total. The molecule has 1 amide bonds. The molecule has 2 fully saturated rings. The number of piperidine rings is 1. The lowest BCUT2D eigenvalue weighted by Crippen LogP contribution is -2.53. The summed E-state index contributed by atoms with van der Waals surface area (Å²) in [6.07, 6.45) is 5.06. The van der Waals surface area contributed by atoms with E-state index in [1.165, 1.54) is 25.9 Å². The van der Waals surface area contributed by atoms with Crippen molar-refractivity contribution in [3.05, 3.63) is 48.4 Å². The summed E-state index contributed by atoms with van der Waals surface area (Å²) in [4.78, 5) is 29.6. The molecule has 0 saturated carbocycles. The van der Waals surface area contributed by atoms with Gasteiger partial charge in [0.25, 0.3) is 0 Å². The monoisotopic (exact) mass is 502 g/mol. The Hall–Kier alpha value is -3.07. The van der Waals surface area contributed by atoms with Crippen LogP contribution in [0.5, 0.6) is 5.75 Å². The van der Waals surface area contributed by atoms with E-state index in [9.17, 15) is 4.79 Å². The van der Waals surface area contributed by atoms with E-state index in [4.69, 9.17) is 9.72 Å². The molecule has 5 rings (SSSR count). The average molecular weight is 503 g/mol. The van der Waals surface area contributed by atoms with Gasteiger partial charge in [-0.1, -0.05) is 13.0 Å². The van der Waals surface area contributed by atoms with E-state index < -0.39 is 0 Å². The molecule has 3 aromatic rings. The van der Waals surface area contributed by atoms with Gasteiger partial charge in [-0.15, -0.1) is 0 Å². The standard InChI is InChI=1S/C29H38N6O2/c1-4-28-30-10-7-26(31-28)22-17-21-5-6-24(37-3)19-25(21)27(18-22)32-29(36)20-34-13-15-35(16-14-34)23-8-11-33(2)12-9-23/h5-7,10,17-19,23H,4,8-9,11-16,20H2,1-3H3,(H,32,36). The van der Waals surface area contributed by atoms with Crippen LogP contribution < -0.4 is 10.1 Å². The van der Waals surface area contributed by atoms with Gasteiger partial charge in [-0.3, -0.25) is 14.6 Å². The first-order valence-corrected chi connectivity index (χ1v) is 13.4. The first kappa shape index (κ1) is 25.6. The summed E-state index contributed by atoms with van der Waals surface area (Å²) in [5, 5.41) is 5.18. The van der Waals surface area contributed by atoms with Crippen LogP contribution in [-0.2, 0) is 11.2 Å². The molecule has 3 heterocycles. The molecular formula is C29H38N6O2. The number of rotatable bonds is 7. The second kappa shape index (κ2) is 11.5. The lowest BCUT2D eigenvalue weighted by atomic mass is 10.0. The first-order chi connectivity index (χ1) is 18.0. The number of aryl methyl sites for hydroxylation is 1. The van der Waals surface area contributed by atoms with E-state index in [1.807, 2.05) is 37.3 Å². The maximum absolute atomic E-state index is 13.2. The summed E-state index contributed by atoms with van der Waals surface area (Å²) in [6.45, 7) is 8.72. The number of hydrogen-bond acceptors (Lipinski definition) is 7. The molecule has 0 atom stereocenters. The summed E-state index contributed by atoms with van der Waals surface area (Å²) in [5.41, 5.74) is 2.58. The van der Waals surface area contributed by atoms with E-state index >= 15 is 0 Å². The number of anilines is 1. The molecule has 37 heavy (non-hydrogen) atoms. The largest absolute Gasteiger partial charge is 0.497 e. The molecular weight excluding hydrogens is 464 g/mol. The van der Waals surface area contributed by atoms with Crippen LogP contribution in [0.25, 0.3) is 22.0 Å². The van der Waals surface area contributed by atoms with Crippen LogP contribution in [0.15, 0.2) is 42.6 Å². The Morgan fingerprint density at radius 1 is 1.05 bits per heavy atom. The third-order valence-corrected chi connectivity index (χ3v) is 7.73. The average Bonchev–Trinajstić information content (AvgIpc) is 2.93. The third kappa shape index (κ3) is 6.09. The zero-order chi connectivity index (χ0) is 25.8. The summed E-state index contributed by atoms with van der Waals surface area (Å²) in [5.74, 6) is 1.57. The molecule has 0 unspecified atom stereocenters. The zero-order valence-corrected chi connectivity index (χ0v) is 22.2. The molecule has 2 aromatic carbocycles. The van der Waals surface area contributed by atoms with Gasteiger partial charge in [0, 0.05) is 61.5 Å². The highest BCUT2D eigenvalue weighted by atomic mass is 16.5.